The Kier molecular flexibility index (Phi) is 3.36. The zero-order chi connectivity index (χ0) is 11.4. The van der Waals surface area contributed by atoms with Gasteiger partial charge in [-0.15, -0.1) is 0 Å². The maximum absolute atomic E-state index is 11.9. The molecule has 0 N–H and O–H groups in total. The smallest absolute Gasteiger partial charge is 0.226 e. The van der Waals surface area contributed by atoms with Gasteiger partial charge in [0.15, 0.2) is 5.78 Å². The number of carbonyl (C=O) groups excluding carboxylic acids is 1. The Morgan fingerprint density at radius 1 is 1.25 bits per heavy atom. The van der Waals surface area contributed by atoms with Crippen molar-refractivity contribution in [2.45, 2.75) is 25.6 Å². The average Bonchev–Trinajstić information content (AvgIpc) is 2.76. The summed E-state index contributed by atoms with van der Waals surface area (Å²) in [5, 5.41) is 0. The summed E-state index contributed by atoms with van der Waals surface area (Å²) in [6, 6.07) is 9.96. The van der Waals surface area contributed by atoms with E-state index in [1.54, 1.807) is 6.92 Å². The van der Waals surface area contributed by atoms with Crippen molar-refractivity contribution in [3.63, 3.8) is 0 Å². The summed E-state index contributed by atoms with van der Waals surface area (Å²) in [6.07, 6.45) is 1.20. The van der Waals surface area contributed by atoms with Gasteiger partial charge in [-0.2, -0.15) is 0 Å². The van der Waals surface area contributed by atoms with Crippen LogP contribution in [0.5, 0.6) is 0 Å². The van der Waals surface area contributed by atoms with Crippen LogP contribution in [0.2, 0.25) is 0 Å². The monoisotopic (exact) mass is 220 g/mol. The highest BCUT2D eigenvalue weighted by molar-refractivity contribution is 5.85. The maximum Gasteiger partial charge on any atom is 0.226 e. The van der Waals surface area contributed by atoms with Gasteiger partial charge in [-0.3, -0.25) is 4.79 Å². The van der Waals surface area contributed by atoms with Crippen molar-refractivity contribution in [1.82, 2.24) is 0 Å². The lowest BCUT2D eigenvalue weighted by Gasteiger charge is -2.20. The normalized spacial score (nSPS) is 18.6. The lowest BCUT2D eigenvalue weighted by atomic mass is 10.0. The molecule has 86 valence electrons. The van der Waals surface area contributed by atoms with Crippen LogP contribution >= 0.6 is 0 Å². The molecule has 3 heteroatoms. The van der Waals surface area contributed by atoms with Crippen molar-refractivity contribution in [1.29, 1.82) is 0 Å². The van der Waals surface area contributed by atoms with E-state index in [0.29, 0.717) is 19.6 Å². The molecule has 1 aromatic carbocycles. The van der Waals surface area contributed by atoms with Gasteiger partial charge in [0.25, 0.3) is 0 Å². The first-order valence-electron chi connectivity index (χ1n) is 5.56. The largest absolute Gasteiger partial charge is 0.341 e. The summed E-state index contributed by atoms with van der Waals surface area (Å²) < 4.78 is 10.6. The minimum Gasteiger partial charge on any atom is -0.341 e. The number of ketones is 1. The second-order valence-electron chi connectivity index (χ2n) is 4.05. The molecule has 2 rings (SSSR count). The van der Waals surface area contributed by atoms with Crippen molar-refractivity contribution in [2.24, 2.45) is 0 Å². The Morgan fingerprint density at radius 3 is 2.50 bits per heavy atom. The molecule has 3 nitrogen and oxygen atoms in total. The second-order valence-corrected chi connectivity index (χ2v) is 4.05. The van der Waals surface area contributed by atoms with Gasteiger partial charge in [-0.25, -0.2) is 0 Å². The quantitative estimate of drug-likeness (QED) is 0.778. The van der Waals surface area contributed by atoms with Crippen molar-refractivity contribution in [3.05, 3.63) is 35.9 Å². The van der Waals surface area contributed by atoms with Gasteiger partial charge in [0.2, 0.25) is 5.79 Å². The second kappa shape index (κ2) is 4.76. The van der Waals surface area contributed by atoms with Gasteiger partial charge in [-0.05, 0) is 18.9 Å². The highest BCUT2D eigenvalue weighted by Gasteiger charge is 2.38. The fourth-order valence-electron chi connectivity index (χ4n) is 1.81. The lowest BCUT2D eigenvalue weighted by Crippen LogP contribution is -2.36. The lowest BCUT2D eigenvalue weighted by molar-refractivity contribution is -0.173. The number of Topliss-reactive ketones (excluding diaryl/α,β-unsaturated/α-hetero) is 1. The molecule has 0 unspecified atom stereocenters. The Labute approximate surface area is 95.4 Å². The summed E-state index contributed by atoms with van der Waals surface area (Å²) in [5.74, 6) is -0.983. The molecule has 0 saturated carbocycles. The molecule has 1 heterocycles. The standard InChI is InChI=1S/C13H16O3/c1-13(15-9-10-16-13)12(14)8-7-11-5-3-2-4-6-11/h2-6H,7-10H2,1H3. The fraction of sp³-hybridized carbons (Fsp3) is 0.462. The number of hydrogen-bond donors (Lipinski definition) is 0. The van der Waals surface area contributed by atoms with Crippen LogP contribution in [-0.4, -0.2) is 24.8 Å². The van der Waals surface area contributed by atoms with E-state index in [2.05, 4.69) is 0 Å². The van der Waals surface area contributed by atoms with E-state index in [9.17, 15) is 4.79 Å². The van der Waals surface area contributed by atoms with Crippen LogP contribution in [0.3, 0.4) is 0 Å². The predicted molar refractivity (Wildman–Crippen MR) is 60.1 cm³/mol. The van der Waals surface area contributed by atoms with Crippen LogP contribution in [0.4, 0.5) is 0 Å². The SMILES string of the molecule is CC1(C(=O)CCc2ccccc2)OCCO1. The number of carbonyl (C=O) groups is 1. The highest BCUT2D eigenvalue weighted by atomic mass is 16.7. The van der Waals surface area contributed by atoms with Crippen molar-refractivity contribution in [3.8, 4) is 0 Å². The summed E-state index contributed by atoms with van der Waals surface area (Å²) in [4.78, 5) is 11.9. The van der Waals surface area contributed by atoms with Gasteiger partial charge in [-0.1, -0.05) is 30.3 Å². The first-order chi connectivity index (χ1) is 7.71. The van der Waals surface area contributed by atoms with Crippen molar-refractivity contribution in [2.75, 3.05) is 13.2 Å². The topological polar surface area (TPSA) is 35.5 Å². The molecule has 1 fully saturated rings. The molecule has 1 aliphatic rings. The van der Waals surface area contributed by atoms with Crippen molar-refractivity contribution < 1.29 is 14.3 Å². The number of hydrogen-bond acceptors (Lipinski definition) is 3. The molecule has 1 saturated heterocycles. The van der Waals surface area contributed by atoms with Crippen LogP contribution in [0.25, 0.3) is 0 Å². The molecule has 0 radical (unpaired) electrons. The fourth-order valence-corrected chi connectivity index (χ4v) is 1.81. The van der Waals surface area contributed by atoms with Crippen LogP contribution in [-0.2, 0) is 20.7 Å². The molecule has 0 aromatic heterocycles. The Balaban J connectivity index is 1.89. The van der Waals surface area contributed by atoms with E-state index < -0.39 is 5.79 Å². The van der Waals surface area contributed by atoms with E-state index in [1.807, 2.05) is 30.3 Å². The van der Waals surface area contributed by atoms with Crippen molar-refractivity contribution >= 4 is 5.78 Å². The first-order valence-corrected chi connectivity index (χ1v) is 5.56. The van der Waals surface area contributed by atoms with Gasteiger partial charge in [0.05, 0.1) is 13.2 Å². The molecule has 0 amide bonds. The maximum atomic E-state index is 11.9. The first kappa shape index (κ1) is 11.3. The van der Waals surface area contributed by atoms with E-state index in [1.165, 1.54) is 0 Å². The molecule has 16 heavy (non-hydrogen) atoms. The molecule has 0 atom stereocenters. The molecule has 0 aliphatic carbocycles. The molecule has 1 aromatic rings. The van der Waals surface area contributed by atoms with E-state index in [0.717, 1.165) is 12.0 Å². The Hall–Kier alpha value is -1.19. The Bertz CT molecular complexity index is 353. The summed E-state index contributed by atoms with van der Waals surface area (Å²) in [6.45, 7) is 2.72. The van der Waals surface area contributed by atoms with Crippen LogP contribution < -0.4 is 0 Å². The predicted octanol–water partition coefficient (Wildman–Crippen LogP) is 1.95. The van der Waals surface area contributed by atoms with E-state index >= 15 is 0 Å². The van der Waals surface area contributed by atoms with Gasteiger partial charge in [0.1, 0.15) is 0 Å². The van der Waals surface area contributed by atoms with Crippen LogP contribution in [0, 0.1) is 0 Å². The number of aryl methyl sites for hydroxylation is 1. The number of benzene rings is 1. The summed E-state index contributed by atoms with van der Waals surface area (Å²) >= 11 is 0. The van der Waals surface area contributed by atoms with E-state index in [4.69, 9.17) is 9.47 Å². The molecule has 0 bridgehead atoms. The third-order valence-electron chi connectivity index (χ3n) is 2.83. The minimum atomic E-state index is -1.01. The van der Waals surface area contributed by atoms with Gasteiger partial charge >= 0.3 is 0 Å². The highest BCUT2D eigenvalue weighted by Crippen LogP contribution is 2.21. The molecular formula is C13H16O3. The molecule has 1 aliphatic heterocycles. The molecule has 0 spiro atoms. The molecular weight excluding hydrogens is 204 g/mol. The zero-order valence-corrected chi connectivity index (χ0v) is 9.44. The van der Waals surface area contributed by atoms with Gasteiger partial charge in [0, 0.05) is 6.42 Å². The third kappa shape index (κ3) is 2.49. The minimum absolute atomic E-state index is 0.0221. The zero-order valence-electron chi connectivity index (χ0n) is 9.44. The van der Waals surface area contributed by atoms with Crippen LogP contribution in [0.15, 0.2) is 30.3 Å². The van der Waals surface area contributed by atoms with E-state index in [-0.39, 0.29) is 5.78 Å². The average molecular weight is 220 g/mol. The summed E-state index contributed by atoms with van der Waals surface area (Å²) in [7, 11) is 0. The summed E-state index contributed by atoms with van der Waals surface area (Å²) in [5.41, 5.74) is 1.16. The Morgan fingerprint density at radius 2 is 1.88 bits per heavy atom. The number of ether oxygens (including phenoxy) is 2. The third-order valence-corrected chi connectivity index (χ3v) is 2.83. The number of rotatable bonds is 4. The van der Waals surface area contributed by atoms with Crippen LogP contribution in [0.1, 0.15) is 18.9 Å². The van der Waals surface area contributed by atoms with Gasteiger partial charge < -0.3 is 9.47 Å².